The molecule has 7 nitrogen and oxygen atoms in total. The Hall–Kier alpha value is -2.48. The maximum absolute atomic E-state index is 13.8. The molecule has 0 saturated heterocycles. The molecule has 8 heteroatoms. The summed E-state index contributed by atoms with van der Waals surface area (Å²) in [6.45, 7) is -0.656. The van der Waals surface area contributed by atoms with E-state index in [1.54, 1.807) is 6.07 Å². The molecule has 0 radical (unpaired) electrons. The van der Waals surface area contributed by atoms with Crippen molar-refractivity contribution in [3.63, 3.8) is 0 Å². The molecule has 1 heterocycles. The second kappa shape index (κ2) is 6.11. The Kier molecular flexibility index (Phi) is 4.26. The summed E-state index contributed by atoms with van der Waals surface area (Å²) < 4.78 is 28.8. The third kappa shape index (κ3) is 3.09. The van der Waals surface area contributed by atoms with Gasteiger partial charge in [-0.2, -0.15) is 0 Å². The molecule has 0 aliphatic carbocycles. The van der Waals surface area contributed by atoms with Crippen LogP contribution in [-0.2, 0) is 16.1 Å². The van der Waals surface area contributed by atoms with Gasteiger partial charge in [-0.25, -0.2) is 9.18 Å². The Balaban J connectivity index is 2.18. The molecule has 0 amide bonds. The van der Waals surface area contributed by atoms with Gasteiger partial charge in [0.2, 0.25) is 5.89 Å². The van der Waals surface area contributed by atoms with Crippen molar-refractivity contribution in [3.8, 4) is 17.2 Å². The smallest absolute Gasteiger partial charge is 0.329 e. The lowest BCUT2D eigenvalue weighted by Gasteiger charge is -2.05. The van der Waals surface area contributed by atoms with Crippen molar-refractivity contribution < 1.29 is 28.2 Å². The van der Waals surface area contributed by atoms with Gasteiger partial charge in [-0.3, -0.25) is 0 Å². The summed E-state index contributed by atoms with van der Waals surface area (Å²) >= 11 is 0. The standard InChI is InChI=1S/C12H11FN2O5/c1-18-8-4-2-3-7(13)11(8)12-15-14-9(20-12)5-19-6-10(16)17/h2-4H,5-6H2,1H3,(H,16,17). The summed E-state index contributed by atoms with van der Waals surface area (Å²) in [5, 5.41) is 15.8. The molecule has 0 bridgehead atoms. The number of rotatable bonds is 6. The summed E-state index contributed by atoms with van der Waals surface area (Å²) in [4.78, 5) is 10.3. The predicted octanol–water partition coefficient (Wildman–Crippen LogP) is 1.49. The fourth-order valence-electron chi connectivity index (χ4n) is 1.52. The van der Waals surface area contributed by atoms with Crippen molar-refractivity contribution in [1.82, 2.24) is 10.2 Å². The van der Waals surface area contributed by atoms with E-state index in [1.807, 2.05) is 0 Å². The van der Waals surface area contributed by atoms with E-state index in [-0.39, 0.29) is 29.7 Å². The van der Waals surface area contributed by atoms with Crippen molar-refractivity contribution in [3.05, 3.63) is 29.9 Å². The molecule has 0 unspecified atom stereocenters. The van der Waals surface area contributed by atoms with E-state index in [2.05, 4.69) is 10.2 Å². The number of hydrogen-bond donors (Lipinski definition) is 1. The predicted molar refractivity (Wildman–Crippen MR) is 63.5 cm³/mol. The highest BCUT2D eigenvalue weighted by atomic mass is 19.1. The molecule has 2 rings (SSSR count). The Morgan fingerprint density at radius 3 is 2.95 bits per heavy atom. The number of benzene rings is 1. The molecule has 0 atom stereocenters. The molecule has 0 spiro atoms. The van der Waals surface area contributed by atoms with Gasteiger partial charge < -0.3 is 19.0 Å². The normalized spacial score (nSPS) is 10.5. The van der Waals surface area contributed by atoms with Crippen LogP contribution in [0.5, 0.6) is 5.75 Å². The lowest BCUT2D eigenvalue weighted by Crippen LogP contribution is -2.06. The summed E-state index contributed by atoms with van der Waals surface area (Å²) in [6, 6.07) is 4.29. The number of halogens is 1. The Morgan fingerprint density at radius 2 is 2.25 bits per heavy atom. The van der Waals surface area contributed by atoms with Crippen molar-refractivity contribution in [2.45, 2.75) is 6.61 Å². The topological polar surface area (TPSA) is 94.7 Å². The minimum Gasteiger partial charge on any atom is -0.496 e. The molecule has 2 aromatic rings. The van der Waals surface area contributed by atoms with Crippen LogP contribution in [-0.4, -0.2) is 35.0 Å². The van der Waals surface area contributed by atoms with Gasteiger partial charge in [0.1, 0.15) is 30.3 Å². The van der Waals surface area contributed by atoms with Gasteiger partial charge in [-0.15, -0.1) is 10.2 Å². The molecule has 0 saturated carbocycles. The maximum Gasteiger partial charge on any atom is 0.329 e. The number of carboxylic acid groups (broad SMARTS) is 1. The van der Waals surface area contributed by atoms with Crippen LogP contribution in [0, 0.1) is 5.82 Å². The average molecular weight is 282 g/mol. The molecule has 0 aliphatic heterocycles. The highest BCUT2D eigenvalue weighted by molar-refractivity contribution is 5.68. The van der Waals surface area contributed by atoms with Gasteiger partial charge in [0.15, 0.2) is 0 Å². The number of aromatic nitrogens is 2. The second-order valence-electron chi connectivity index (χ2n) is 3.70. The quantitative estimate of drug-likeness (QED) is 0.857. The number of aliphatic carboxylic acids is 1. The van der Waals surface area contributed by atoms with Gasteiger partial charge in [0, 0.05) is 0 Å². The van der Waals surface area contributed by atoms with Gasteiger partial charge >= 0.3 is 5.97 Å². The zero-order valence-electron chi connectivity index (χ0n) is 10.5. The number of carbonyl (C=O) groups is 1. The third-order valence-corrected chi connectivity index (χ3v) is 2.33. The van der Waals surface area contributed by atoms with Crippen molar-refractivity contribution in [1.29, 1.82) is 0 Å². The van der Waals surface area contributed by atoms with Crippen LogP contribution in [0.15, 0.2) is 22.6 Å². The molecule has 1 N–H and O–H groups in total. The number of methoxy groups -OCH3 is 1. The van der Waals surface area contributed by atoms with E-state index >= 15 is 0 Å². The van der Waals surface area contributed by atoms with Gasteiger partial charge in [0.05, 0.1) is 7.11 Å². The van der Waals surface area contributed by atoms with Crippen LogP contribution in [0.2, 0.25) is 0 Å². The monoisotopic (exact) mass is 282 g/mol. The summed E-state index contributed by atoms with van der Waals surface area (Å²) in [7, 11) is 1.39. The van der Waals surface area contributed by atoms with Gasteiger partial charge in [0.25, 0.3) is 5.89 Å². The molecule has 1 aromatic heterocycles. The number of carboxylic acids is 1. The Bertz CT molecular complexity index is 614. The highest BCUT2D eigenvalue weighted by Gasteiger charge is 2.18. The molecule has 0 fully saturated rings. The van der Waals surface area contributed by atoms with E-state index < -0.39 is 18.4 Å². The Labute approximate surface area is 112 Å². The number of hydrogen-bond acceptors (Lipinski definition) is 6. The van der Waals surface area contributed by atoms with E-state index in [1.165, 1.54) is 19.2 Å². The van der Waals surface area contributed by atoms with Crippen LogP contribution < -0.4 is 4.74 Å². The van der Waals surface area contributed by atoms with E-state index in [4.69, 9.17) is 19.0 Å². The van der Waals surface area contributed by atoms with Crippen molar-refractivity contribution in [2.75, 3.05) is 13.7 Å². The van der Waals surface area contributed by atoms with Crippen LogP contribution >= 0.6 is 0 Å². The minimum atomic E-state index is -1.11. The van der Waals surface area contributed by atoms with Crippen LogP contribution in [0.1, 0.15) is 5.89 Å². The largest absolute Gasteiger partial charge is 0.496 e. The number of ether oxygens (including phenoxy) is 2. The zero-order valence-corrected chi connectivity index (χ0v) is 10.5. The zero-order chi connectivity index (χ0) is 14.5. The molecule has 1 aromatic carbocycles. The molecule has 20 heavy (non-hydrogen) atoms. The van der Waals surface area contributed by atoms with Crippen LogP contribution in [0.25, 0.3) is 11.5 Å². The summed E-state index contributed by atoms with van der Waals surface area (Å²) in [5.41, 5.74) is 0.0481. The summed E-state index contributed by atoms with van der Waals surface area (Å²) in [6.07, 6.45) is 0. The first-order chi connectivity index (χ1) is 9.61. The van der Waals surface area contributed by atoms with E-state index in [0.717, 1.165) is 0 Å². The Morgan fingerprint density at radius 1 is 1.45 bits per heavy atom. The molecular weight excluding hydrogens is 271 g/mol. The lowest BCUT2D eigenvalue weighted by atomic mass is 10.2. The van der Waals surface area contributed by atoms with Crippen LogP contribution in [0.4, 0.5) is 4.39 Å². The average Bonchev–Trinajstić information content (AvgIpc) is 2.86. The first kappa shape index (κ1) is 13.9. The molecular formula is C12H11FN2O5. The van der Waals surface area contributed by atoms with Crippen LogP contribution in [0.3, 0.4) is 0 Å². The highest BCUT2D eigenvalue weighted by Crippen LogP contribution is 2.31. The summed E-state index contributed by atoms with van der Waals surface area (Å²) in [5.74, 6) is -1.43. The SMILES string of the molecule is COc1cccc(F)c1-c1nnc(COCC(=O)O)o1. The third-order valence-electron chi connectivity index (χ3n) is 2.33. The maximum atomic E-state index is 13.8. The minimum absolute atomic E-state index is 0.0477. The molecule has 0 aliphatic rings. The fourth-order valence-corrected chi connectivity index (χ4v) is 1.52. The van der Waals surface area contributed by atoms with Crippen molar-refractivity contribution >= 4 is 5.97 Å². The van der Waals surface area contributed by atoms with Crippen molar-refractivity contribution in [2.24, 2.45) is 0 Å². The first-order valence-corrected chi connectivity index (χ1v) is 5.56. The second-order valence-corrected chi connectivity index (χ2v) is 3.70. The number of nitrogens with zero attached hydrogens (tertiary/aromatic N) is 2. The molecule has 106 valence electrons. The van der Waals surface area contributed by atoms with Gasteiger partial charge in [-0.1, -0.05) is 6.07 Å². The first-order valence-electron chi connectivity index (χ1n) is 5.56. The lowest BCUT2D eigenvalue weighted by molar-refractivity contribution is -0.142. The van der Waals surface area contributed by atoms with E-state index in [9.17, 15) is 9.18 Å². The fraction of sp³-hybridized carbons (Fsp3) is 0.250. The van der Waals surface area contributed by atoms with Gasteiger partial charge in [-0.05, 0) is 12.1 Å². The van der Waals surface area contributed by atoms with E-state index in [0.29, 0.717) is 0 Å².